The molecule has 1 rings (SSSR count). The Kier molecular flexibility index (Phi) is 4.99. The molecule has 1 aromatic rings. The van der Waals surface area contributed by atoms with Crippen LogP contribution in [0.3, 0.4) is 0 Å². The van der Waals surface area contributed by atoms with Crippen LogP contribution in [0, 0.1) is 0 Å². The molecular formula is C9H12N2O2S. The molecule has 0 saturated heterocycles. The summed E-state index contributed by atoms with van der Waals surface area (Å²) >= 11 is 1.52. The Labute approximate surface area is 87.1 Å². The number of carbonyl (C=O) groups excluding carboxylic acids is 1. The van der Waals surface area contributed by atoms with Crippen molar-refractivity contribution in [1.29, 1.82) is 0 Å². The topological polar surface area (TPSA) is 52.1 Å². The lowest BCUT2D eigenvalue weighted by Crippen LogP contribution is -2.04. The fourth-order valence-corrected chi connectivity index (χ4v) is 1.59. The van der Waals surface area contributed by atoms with Crippen molar-refractivity contribution in [2.75, 3.05) is 12.4 Å². The minimum Gasteiger partial charge on any atom is -0.466 e. The normalized spacial score (nSPS) is 9.79. The molecule has 0 N–H and O–H groups in total. The predicted octanol–water partition coefficient (Wildman–Crippen LogP) is 1.52. The van der Waals surface area contributed by atoms with Crippen molar-refractivity contribution in [3.63, 3.8) is 0 Å². The number of rotatable bonds is 5. The SMILES string of the molecule is CCOC(=O)CCSc1ccncn1. The number of carbonyl (C=O) groups is 1. The van der Waals surface area contributed by atoms with Gasteiger partial charge in [-0.15, -0.1) is 11.8 Å². The number of aromatic nitrogens is 2. The summed E-state index contributed by atoms with van der Waals surface area (Å²) in [6.07, 6.45) is 3.59. The van der Waals surface area contributed by atoms with Crippen molar-refractivity contribution in [2.24, 2.45) is 0 Å². The fourth-order valence-electron chi connectivity index (χ4n) is 0.836. The van der Waals surface area contributed by atoms with E-state index >= 15 is 0 Å². The first-order chi connectivity index (χ1) is 6.83. The maximum atomic E-state index is 11.0. The van der Waals surface area contributed by atoms with Gasteiger partial charge in [0.25, 0.3) is 0 Å². The van der Waals surface area contributed by atoms with Gasteiger partial charge >= 0.3 is 5.97 Å². The lowest BCUT2D eigenvalue weighted by molar-refractivity contribution is -0.142. The van der Waals surface area contributed by atoms with Crippen LogP contribution >= 0.6 is 11.8 Å². The molecule has 0 aliphatic heterocycles. The van der Waals surface area contributed by atoms with Crippen LogP contribution in [-0.2, 0) is 9.53 Å². The van der Waals surface area contributed by atoms with Gasteiger partial charge in [0.1, 0.15) is 6.33 Å². The highest BCUT2D eigenvalue weighted by molar-refractivity contribution is 7.99. The van der Waals surface area contributed by atoms with Crippen molar-refractivity contribution in [2.45, 2.75) is 18.4 Å². The molecule has 0 aliphatic carbocycles. The Morgan fingerprint density at radius 3 is 3.14 bits per heavy atom. The van der Waals surface area contributed by atoms with Gasteiger partial charge in [-0.3, -0.25) is 4.79 Å². The molecule has 4 nitrogen and oxygen atoms in total. The van der Waals surface area contributed by atoms with Crippen LogP contribution in [0.4, 0.5) is 0 Å². The monoisotopic (exact) mass is 212 g/mol. The number of hydrogen-bond acceptors (Lipinski definition) is 5. The minimum absolute atomic E-state index is 0.158. The average molecular weight is 212 g/mol. The Balaban J connectivity index is 2.19. The second-order valence-electron chi connectivity index (χ2n) is 2.45. The number of hydrogen-bond donors (Lipinski definition) is 0. The summed E-state index contributed by atoms with van der Waals surface area (Å²) < 4.78 is 4.79. The molecule has 0 radical (unpaired) electrons. The lowest BCUT2D eigenvalue weighted by atomic mass is 10.5. The van der Waals surface area contributed by atoms with Gasteiger partial charge in [0.2, 0.25) is 0 Å². The molecule has 0 atom stereocenters. The van der Waals surface area contributed by atoms with Gasteiger partial charge in [0.05, 0.1) is 18.1 Å². The second-order valence-corrected chi connectivity index (χ2v) is 3.57. The van der Waals surface area contributed by atoms with Crippen molar-refractivity contribution in [1.82, 2.24) is 9.97 Å². The molecule has 0 spiro atoms. The maximum absolute atomic E-state index is 11.0. The summed E-state index contributed by atoms with van der Waals surface area (Å²) in [7, 11) is 0. The molecule has 0 fully saturated rings. The van der Waals surface area contributed by atoms with E-state index < -0.39 is 0 Å². The van der Waals surface area contributed by atoms with Gasteiger partial charge in [-0.2, -0.15) is 0 Å². The number of ether oxygens (including phenoxy) is 1. The largest absolute Gasteiger partial charge is 0.466 e. The summed E-state index contributed by atoms with van der Waals surface area (Å²) in [5.41, 5.74) is 0. The molecule has 0 saturated carbocycles. The maximum Gasteiger partial charge on any atom is 0.306 e. The van der Waals surface area contributed by atoms with Crippen LogP contribution in [0.1, 0.15) is 13.3 Å². The Morgan fingerprint density at radius 1 is 1.64 bits per heavy atom. The second kappa shape index (κ2) is 6.37. The van der Waals surface area contributed by atoms with Gasteiger partial charge in [0.15, 0.2) is 0 Å². The third kappa shape index (κ3) is 4.23. The van der Waals surface area contributed by atoms with Crippen LogP contribution in [0.25, 0.3) is 0 Å². The van der Waals surface area contributed by atoms with E-state index in [1.165, 1.54) is 18.1 Å². The van der Waals surface area contributed by atoms with Crippen molar-refractivity contribution >= 4 is 17.7 Å². The minimum atomic E-state index is -0.158. The van der Waals surface area contributed by atoms with Crippen LogP contribution in [0.2, 0.25) is 0 Å². The van der Waals surface area contributed by atoms with E-state index in [1.54, 1.807) is 13.1 Å². The molecule has 0 aromatic carbocycles. The van der Waals surface area contributed by atoms with Gasteiger partial charge in [-0.25, -0.2) is 9.97 Å². The van der Waals surface area contributed by atoms with E-state index in [0.29, 0.717) is 18.8 Å². The zero-order chi connectivity index (χ0) is 10.2. The van der Waals surface area contributed by atoms with E-state index in [9.17, 15) is 4.79 Å². The molecule has 5 heteroatoms. The summed E-state index contributed by atoms with van der Waals surface area (Å²) in [4.78, 5) is 18.8. The molecule has 0 unspecified atom stereocenters. The first-order valence-electron chi connectivity index (χ1n) is 4.37. The molecule has 0 amide bonds. The molecule has 1 aromatic heterocycles. The molecule has 1 heterocycles. The first kappa shape index (κ1) is 11.0. The van der Waals surface area contributed by atoms with E-state index in [2.05, 4.69) is 9.97 Å². The lowest BCUT2D eigenvalue weighted by Gasteiger charge is -2.00. The third-order valence-corrected chi connectivity index (χ3v) is 2.36. The highest BCUT2D eigenvalue weighted by Gasteiger charge is 2.02. The highest BCUT2D eigenvalue weighted by atomic mass is 32.2. The quantitative estimate of drug-likeness (QED) is 0.421. The van der Waals surface area contributed by atoms with Gasteiger partial charge in [0, 0.05) is 11.9 Å². The summed E-state index contributed by atoms with van der Waals surface area (Å²) in [6.45, 7) is 2.24. The van der Waals surface area contributed by atoms with Crippen molar-refractivity contribution in [3.05, 3.63) is 18.6 Å². The number of thioether (sulfide) groups is 1. The molecular weight excluding hydrogens is 200 g/mol. The van der Waals surface area contributed by atoms with E-state index in [1.807, 2.05) is 6.07 Å². The Morgan fingerprint density at radius 2 is 2.50 bits per heavy atom. The van der Waals surface area contributed by atoms with Gasteiger partial charge < -0.3 is 4.74 Å². The van der Waals surface area contributed by atoms with E-state index in [-0.39, 0.29) is 5.97 Å². The zero-order valence-corrected chi connectivity index (χ0v) is 8.79. The van der Waals surface area contributed by atoms with E-state index in [0.717, 1.165) is 5.03 Å². The van der Waals surface area contributed by atoms with Crippen LogP contribution in [-0.4, -0.2) is 28.3 Å². The van der Waals surface area contributed by atoms with Crippen LogP contribution in [0.15, 0.2) is 23.6 Å². The standard InChI is InChI=1S/C9H12N2O2S/c1-2-13-9(12)4-6-14-8-3-5-10-7-11-8/h3,5,7H,2,4,6H2,1H3. The Hall–Kier alpha value is -1.10. The smallest absolute Gasteiger partial charge is 0.306 e. The molecule has 0 aliphatic rings. The summed E-state index contributed by atoms with van der Waals surface area (Å²) in [6, 6.07) is 1.82. The fraction of sp³-hybridized carbons (Fsp3) is 0.444. The highest BCUT2D eigenvalue weighted by Crippen LogP contribution is 2.14. The van der Waals surface area contributed by atoms with Crippen LogP contribution < -0.4 is 0 Å². The van der Waals surface area contributed by atoms with Gasteiger partial charge in [-0.05, 0) is 13.0 Å². The first-order valence-corrected chi connectivity index (χ1v) is 5.36. The van der Waals surface area contributed by atoms with Gasteiger partial charge in [-0.1, -0.05) is 0 Å². The third-order valence-electron chi connectivity index (χ3n) is 1.42. The average Bonchev–Trinajstić information content (AvgIpc) is 2.20. The van der Waals surface area contributed by atoms with E-state index in [4.69, 9.17) is 4.74 Å². The Bertz CT molecular complexity index is 279. The van der Waals surface area contributed by atoms with Crippen LogP contribution in [0.5, 0.6) is 0 Å². The van der Waals surface area contributed by atoms with Crippen molar-refractivity contribution < 1.29 is 9.53 Å². The predicted molar refractivity (Wildman–Crippen MR) is 54.0 cm³/mol. The molecule has 14 heavy (non-hydrogen) atoms. The summed E-state index contributed by atoms with van der Waals surface area (Å²) in [5, 5.41) is 0.879. The zero-order valence-electron chi connectivity index (χ0n) is 7.97. The summed E-state index contributed by atoms with van der Waals surface area (Å²) in [5.74, 6) is 0.532. The van der Waals surface area contributed by atoms with Crippen molar-refractivity contribution in [3.8, 4) is 0 Å². The molecule has 76 valence electrons. The number of nitrogens with zero attached hydrogens (tertiary/aromatic N) is 2. The number of esters is 1. The molecule has 0 bridgehead atoms.